The fourth-order valence-corrected chi connectivity index (χ4v) is 2.83. The van der Waals surface area contributed by atoms with Crippen molar-refractivity contribution in [1.29, 1.82) is 0 Å². The van der Waals surface area contributed by atoms with Gasteiger partial charge in [0.2, 0.25) is 0 Å². The fraction of sp³-hybridized carbons (Fsp3) is 0.909. The first-order chi connectivity index (χ1) is 6.15. The van der Waals surface area contributed by atoms with Gasteiger partial charge in [-0.2, -0.15) is 11.8 Å². The lowest BCUT2D eigenvalue weighted by atomic mass is 9.96. The molecule has 0 aromatic rings. The molecule has 74 valence electrons. The van der Waals surface area contributed by atoms with E-state index in [0.717, 1.165) is 25.2 Å². The van der Waals surface area contributed by atoms with Gasteiger partial charge in [-0.3, -0.25) is 4.79 Å². The predicted octanol–water partition coefficient (Wildman–Crippen LogP) is 2.89. The number of hydrogen-bond acceptors (Lipinski definition) is 2. The molecule has 2 rings (SSSR count). The van der Waals surface area contributed by atoms with Gasteiger partial charge in [0.05, 0.1) is 0 Å². The van der Waals surface area contributed by atoms with Crippen molar-refractivity contribution in [2.24, 2.45) is 11.8 Å². The van der Waals surface area contributed by atoms with Crippen molar-refractivity contribution < 1.29 is 4.79 Å². The summed E-state index contributed by atoms with van der Waals surface area (Å²) < 4.78 is 0.264. The van der Waals surface area contributed by atoms with Crippen LogP contribution in [0.1, 0.15) is 39.0 Å². The van der Waals surface area contributed by atoms with E-state index in [4.69, 9.17) is 0 Å². The predicted molar refractivity (Wildman–Crippen MR) is 57.0 cm³/mol. The quantitative estimate of drug-likeness (QED) is 0.675. The van der Waals surface area contributed by atoms with E-state index in [1.54, 1.807) is 0 Å². The minimum atomic E-state index is 0.264. The van der Waals surface area contributed by atoms with Gasteiger partial charge >= 0.3 is 0 Å². The number of carbonyl (C=O) groups is 1. The molecule has 0 bridgehead atoms. The Balaban J connectivity index is 1.91. The number of hydrogen-bond donors (Lipinski definition) is 0. The van der Waals surface area contributed by atoms with Crippen LogP contribution in [0, 0.1) is 11.8 Å². The van der Waals surface area contributed by atoms with E-state index in [1.165, 1.54) is 12.8 Å². The van der Waals surface area contributed by atoms with E-state index in [2.05, 4.69) is 13.2 Å². The molecule has 2 heteroatoms. The Hall–Kier alpha value is 0.0200. The average molecular weight is 198 g/mol. The van der Waals surface area contributed by atoms with Crippen molar-refractivity contribution >= 4 is 17.5 Å². The van der Waals surface area contributed by atoms with Crippen LogP contribution >= 0.6 is 11.8 Å². The molecule has 2 aliphatic carbocycles. The largest absolute Gasteiger partial charge is 0.299 e. The molecule has 1 atom stereocenters. The van der Waals surface area contributed by atoms with Crippen LogP contribution in [0.5, 0.6) is 0 Å². The number of thioether (sulfide) groups is 1. The molecule has 2 saturated carbocycles. The Labute approximate surface area is 84.7 Å². The lowest BCUT2D eigenvalue weighted by Gasteiger charge is -2.26. The zero-order valence-corrected chi connectivity index (χ0v) is 9.32. The third kappa shape index (κ3) is 2.09. The smallest absolute Gasteiger partial charge is 0.137 e. The maximum Gasteiger partial charge on any atom is 0.137 e. The van der Waals surface area contributed by atoms with Gasteiger partial charge in [0.15, 0.2) is 0 Å². The minimum Gasteiger partial charge on any atom is -0.299 e. The molecule has 2 aliphatic rings. The van der Waals surface area contributed by atoms with Crippen molar-refractivity contribution in [3.63, 3.8) is 0 Å². The summed E-state index contributed by atoms with van der Waals surface area (Å²) in [7, 11) is 0. The summed E-state index contributed by atoms with van der Waals surface area (Å²) in [5, 5.41) is 0. The lowest BCUT2D eigenvalue weighted by molar-refractivity contribution is -0.120. The van der Waals surface area contributed by atoms with Crippen LogP contribution in [0.15, 0.2) is 0 Å². The van der Waals surface area contributed by atoms with Crippen LogP contribution in [-0.4, -0.2) is 16.8 Å². The topological polar surface area (TPSA) is 17.1 Å². The zero-order valence-electron chi connectivity index (χ0n) is 8.51. The van der Waals surface area contributed by atoms with Gasteiger partial charge in [0.25, 0.3) is 0 Å². The van der Waals surface area contributed by atoms with E-state index in [1.807, 2.05) is 11.8 Å². The van der Waals surface area contributed by atoms with Crippen molar-refractivity contribution in [3.05, 3.63) is 0 Å². The molecule has 0 radical (unpaired) electrons. The Bertz CT molecular complexity index is 218. The maximum atomic E-state index is 11.7. The molecular weight excluding hydrogens is 180 g/mol. The highest BCUT2D eigenvalue weighted by Gasteiger charge is 2.44. The number of carbonyl (C=O) groups excluding carboxylic acids is 1. The average Bonchev–Trinajstić information content (AvgIpc) is 2.90. The molecule has 0 saturated heterocycles. The van der Waals surface area contributed by atoms with Crippen LogP contribution < -0.4 is 0 Å². The lowest BCUT2D eigenvalue weighted by Crippen LogP contribution is -2.27. The van der Waals surface area contributed by atoms with Gasteiger partial charge in [-0.15, -0.1) is 0 Å². The summed E-state index contributed by atoms with van der Waals surface area (Å²) in [5.74, 6) is 1.80. The molecule has 1 nitrogen and oxygen atoms in total. The minimum absolute atomic E-state index is 0.264. The SMILES string of the molecule is CSC(C)(CC(=O)C1CC1)C1CC1. The molecule has 0 heterocycles. The Morgan fingerprint density at radius 2 is 2.00 bits per heavy atom. The molecule has 13 heavy (non-hydrogen) atoms. The molecular formula is C11H18OS. The summed E-state index contributed by atoms with van der Waals surface area (Å²) >= 11 is 1.90. The zero-order chi connectivity index (χ0) is 9.47. The van der Waals surface area contributed by atoms with E-state index in [-0.39, 0.29) is 4.75 Å². The summed E-state index contributed by atoms with van der Waals surface area (Å²) in [6.45, 7) is 2.27. The first-order valence-corrected chi connectivity index (χ1v) is 6.46. The molecule has 0 amide bonds. The van der Waals surface area contributed by atoms with Crippen LogP contribution in [0.3, 0.4) is 0 Å². The Morgan fingerprint density at radius 3 is 2.38 bits per heavy atom. The van der Waals surface area contributed by atoms with Crippen molar-refractivity contribution in [2.75, 3.05) is 6.26 Å². The third-order valence-corrected chi connectivity index (χ3v) is 4.88. The third-order valence-electron chi connectivity index (χ3n) is 3.47. The highest BCUT2D eigenvalue weighted by Crippen LogP contribution is 2.49. The molecule has 1 unspecified atom stereocenters. The Morgan fingerprint density at radius 1 is 1.38 bits per heavy atom. The summed E-state index contributed by atoms with van der Waals surface area (Å²) in [6, 6.07) is 0. The highest BCUT2D eigenvalue weighted by molar-refractivity contribution is 8.00. The van der Waals surface area contributed by atoms with Crippen molar-refractivity contribution in [1.82, 2.24) is 0 Å². The van der Waals surface area contributed by atoms with Crippen molar-refractivity contribution in [3.8, 4) is 0 Å². The number of rotatable bonds is 5. The van der Waals surface area contributed by atoms with Gasteiger partial charge < -0.3 is 0 Å². The second-order valence-corrected chi connectivity index (χ2v) is 6.05. The van der Waals surface area contributed by atoms with Crippen LogP contribution in [0.4, 0.5) is 0 Å². The normalized spacial score (nSPS) is 26.9. The van der Waals surface area contributed by atoms with E-state index < -0.39 is 0 Å². The first kappa shape index (κ1) is 9.57. The van der Waals surface area contributed by atoms with Crippen molar-refractivity contribution in [2.45, 2.75) is 43.8 Å². The molecule has 0 aliphatic heterocycles. The van der Waals surface area contributed by atoms with Crippen LogP contribution in [0.25, 0.3) is 0 Å². The first-order valence-electron chi connectivity index (χ1n) is 5.23. The van der Waals surface area contributed by atoms with E-state index in [9.17, 15) is 4.79 Å². The second kappa shape index (κ2) is 3.30. The molecule has 0 aromatic heterocycles. The standard InChI is InChI=1S/C11H18OS/c1-11(13-2,9-5-6-9)7-10(12)8-3-4-8/h8-9H,3-7H2,1-2H3. The number of Topliss-reactive ketones (excluding diaryl/α,β-unsaturated/α-hetero) is 1. The van der Waals surface area contributed by atoms with E-state index >= 15 is 0 Å². The van der Waals surface area contributed by atoms with Gasteiger partial charge in [0.1, 0.15) is 5.78 Å². The molecule has 0 aromatic carbocycles. The highest BCUT2D eigenvalue weighted by atomic mass is 32.2. The maximum absolute atomic E-state index is 11.7. The number of ketones is 1. The summed E-state index contributed by atoms with van der Waals surface area (Å²) in [6.07, 6.45) is 7.98. The second-order valence-electron chi connectivity index (χ2n) is 4.71. The summed E-state index contributed by atoms with van der Waals surface area (Å²) in [5.41, 5.74) is 0. The molecule has 0 N–H and O–H groups in total. The monoisotopic (exact) mass is 198 g/mol. The van der Waals surface area contributed by atoms with Crippen LogP contribution in [-0.2, 0) is 4.79 Å². The van der Waals surface area contributed by atoms with Gasteiger partial charge in [-0.05, 0) is 44.8 Å². The van der Waals surface area contributed by atoms with Crippen LogP contribution in [0.2, 0.25) is 0 Å². The fourth-order valence-electron chi connectivity index (χ4n) is 1.97. The van der Waals surface area contributed by atoms with Gasteiger partial charge in [-0.25, -0.2) is 0 Å². The molecule has 0 spiro atoms. The summed E-state index contributed by atoms with van der Waals surface area (Å²) in [4.78, 5) is 11.7. The van der Waals surface area contributed by atoms with E-state index in [0.29, 0.717) is 11.7 Å². The Kier molecular flexibility index (Phi) is 2.43. The van der Waals surface area contributed by atoms with Gasteiger partial charge in [0, 0.05) is 17.1 Å². The molecule has 2 fully saturated rings. The van der Waals surface area contributed by atoms with Gasteiger partial charge in [-0.1, -0.05) is 0 Å².